The van der Waals surface area contributed by atoms with Gasteiger partial charge in [0.05, 0.1) is 6.07 Å². The minimum atomic E-state index is -0.163. The molecule has 0 aliphatic carbocycles. The Hall–Kier alpha value is -1.45. The molecule has 2 aromatic rings. The summed E-state index contributed by atoms with van der Waals surface area (Å²) in [7, 11) is 0. The van der Waals surface area contributed by atoms with Gasteiger partial charge in [0.15, 0.2) is 0 Å². The van der Waals surface area contributed by atoms with Gasteiger partial charge in [-0.05, 0) is 43.1 Å². The van der Waals surface area contributed by atoms with E-state index in [-0.39, 0.29) is 9.24 Å². The Morgan fingerprint density at radius 3 is 2.46 bits per heavy atom. The third-order valence-corrected chi connectivity index (χ3v) is 6.13. The number of piperidine rings is 1. The first-order valence-electron chi connectivity index (χ1n) is 8.22. The molecule has 4 heteroatoms. The standard InChI is InChI=1S/C20H20FIN2/c21-19-14-16(6-7-18(19)17-4-2-1-3-5-17)15-24-12-9-20(22,8-11-23)10-13-24/h1-7,14H,8-10,12-13,15H2. The average molecular weight is 434 g/mol. The van der Waals surface area contributed by atoms with Gasteiger partial charge in [0.25, 0.3) is 0 Å². The number of benzene rings is 2. The number of hydrogen-bond acceptors (Lipinski definition) is 2. The lowest BCUT2D eigenvalue weighted by Crippen LogP contribution is -2.40. The molecule has 1 aliphatic rings. The van der Waals surface area contributed by atoms with Gasteiger partial charge in [-0.25, -0.2) is 4.39 Å². The molecule has 24 heavy (non-hydrogen) atoms. The van der Waals surface area contributed by atoms with Crippen LogP contribution in [-0.2, 0) is 6.54 Å². The van der Waals surface area contributed by atoms with Crippen LogP contribution in [0.15, 0.2) is 48.5 Å². The Morgan fingerprint density at radius 2 is 1.83 bits per heavy atom. The third-order valence-electron chi connectivity index (χ3n) is 4.67. The van der Waals surface area contributed by atoms with Crippen LogP contribution in [0.3, 0.4) is 0 Å². The molecule has 0 N–H and O–H groups in total. The zero-order chi connectivity index (χ0) is 17.0. The van der Waals surface area contributed by atoms with Gasteiger partial charge in [-0.3, -0.25) is 4.90 Å². The smallest absolute Gasteiger partial charge is 0.131 e. The first-order valence-corrected chi connectivity index (χ1v) is 9.30. The first kappa shape index (κ1) is 17.4. The maximum atomic E-state index is 14.5. The Bertz CT molecular complexity index is 731. The zero-order valence-corrected chi connectivity index (χ0v) is 15.7. The lowest BCUT2D eigenvalue weighted by molar-refractivity contribution is 0.199. The second kappa shape index (κ2) is 7.62. The van der Waals surface area contributed by atoms with Crippen LogP contribution < -0.4 is 0 Å². The second-order valence-electron chi connectivity index (χ2n) is 6.44. The molecule has 0 unspecified atom stereocenters. The number of nitrogens with zero attached hydrogens (tertiary/aromatic N) is 2. The second-order valence-corrected chi connectivity index (χ2v) is 8.73. The van der Waals surface area contributed by atoms with E-state index in [0.717, 1.165) is 43.6 Å². The Balaban J connectivity index is 1.65. The van der Waals surface area contributed by atoms with Crippen LogP contribution in [0.4, 0.5) is 4.39 Å². The van der Waals surface area contributed by atoms with Gasteiger partial charge in [-0.1, -0.05) is 65.1 Å². The fraction of sp³-hybridized carbons (Fsp3) is 0.350. The summed E-state index contributed by atoms with van der Waals surface area (Å²) in [6.45, 7) is 2.70. The topological polar surface area (TPSA) is 27.0 Å². The normalized spacial score (nSPS) is 17.4. The van der Waals surface area contributed by atoms with E-state index < -0.39 is 0 Å². The molecule has 2 nitrogen and oxygen atoms in total. The monoisotopic (exact) mass is 434 g/mol. The van der Waals surface area contributed by atoms with Crippen molar-refractivity contribution in [1.29, 1.82) is 5.26 Å². The quantitative estimate of drug-likeness (QED) is 0.490. The maximum Gasteiger partial charge on any atom is 0.131 e. The molecule has 1 saturated heterocycles. The molecule has 0 aromatic heterocycles. The van der Waals surface area contributed by atoms with Gasteiger partial charge in [-0.15, -0.1) is 0 Å². The summed E-state index contributed by atoms with van der Waals surface area (Å²) in [6.07, 6.45) is 2.65. The van der Waals surface area contributed by atoms with Crippen molar-refractivity contribution in [3.8, 4) is 17.2 Å². The highest BCUT2D eigenvalue weighted by Gasteiger charge is 2.31. The SMILES string of the molecule is N#CCC1(I)CCN(Cc2ccc(-c3ccccc3)c(F)c2)CC1. The maximum absolute atomic E-state index is 14.5. The van der Waals surface area contributed by atoms with Crippen molar-refractivity contribution >= 4 is 22.6 Å². The Labute approximate surface area is 156 Å². The molecular formula is C20H20FIN2. The summed E-state index contributed by atoms with van der Waals surface area (Å²) in [4.78, 5) is 2.35. The average Bonchev–Trinajstić information content (AvgIpc) is 2.58. The molecule has 2 aromatic carbocycles. The summed E-state index contributed by atoms with van der Waals surface area (Å²) in [5, 5.41) is 8.93. The van der Waals surface area contributed by atoms with Crippen molar-refractivity contribution in [3.05, 3.63) is 59.9 Å². The summed E-state index contributed by atoms with van der Waals surface area (Å²) in [5.74, 6) is -0.163. The molecule has 0 atom stereocenters. The van der Waals surface area contributed by atoms with Gasteiger partial charge < -0.3 is 0 Å². The van der Waals surface area contributed by atoms with E-state index in [1.807, 2.05) is 42.5 Å². The van der Waals surface area contributed by atoms with Gasteiger partial charge in [0.1, 0.15) is 5.82 Å². The lowest BCUT2D eigenvalue weighted by atomic mass is 9.93. The number of alkyl halides is 1. The van der Waals surface area contributed by atoms with Crippen molar-refractivity contribution in [1.82, 2.24) is 4.90 Å². The lowest BCUT2D eigenvalue weighted by Gasteiger charge is -2.36. The minimum absolute atomic E-state index is 0.116. The molecule has 0 amide bonds. The number of likely N-dealkylation sites (tertiary alicyclic amines) is 1. The van der Waals surface area contributed by atoms with Crippen LogP contribution in [0, 0.1) is 17.1 Å². The Morgan fingerprint density at radius 1 is 1.12 bits per heavy atom. The summed E-state index contributed by atoms with van der Waals surface area (Å²) in [5.41, 5.74) is 2.57. The molecule has 3 rings (SSSR count). The zero-order valence-electron chi connectivity index (χ0n) is 13.5. The van der Waals surface area contributed by atoms with Gasteiger partial charge in [0, 0.05) is 22.0 Å². The highest BCUT2D eigenvalue weighted by molar-refractivity contribution is 14.1. The third kappa shape index (κ3) is 4.14. The predicted molar refractivity (Wildman–Crippen MR) is 103 cm³/mol. The largest absolute Gasteiger partial charge is 0.299 e. The van der Waals surface area contributed by atoms with Gasteiger partial charge >= 0.3 is 0 Å². The number of halogens is 2. The van der Waals surface area contributed by atoms with E-state index in [1.165, 1.54) is 0 Å². The van der Waals surface area contributed by atoms with Crippen LogP contribution in [0.25, 0.3) is 11.1 Å². The molecule has 0 spiro atoms. The Kier molecular flexibility index (Phi) is 5.52. The van der Waals surface area contributed by atoms with Crippen LogP contribution in [0.1, 0.15) is 24.8 Å². The molecule has 0 saturated carbocycles. The van der Waals surface area contributed by atoms with E-state index in [9.17, 15) is 4.39 Å². The van der Waals surface area contributed by atoms with Crippen molar-refractivity contribution in [2.75, 3.05) is 13.1 Å². The van der Waals surface area contributed by atoms with Crippen LogP contribution in [0.5, 0.6) is 0 Å². The summed E-state index contributed by atoms with van der Waals surface area (Å²) >= 11 is 2.44. The van der Waals surface area contributed by atoms with Crippen molar-refractivity contribution in [2.24, 2.45) is 0 Å². The summed E-state index contributed by atoms with van der Waals surface area (Å²) < 4.78 is 14.6. The summed E-state index contributed by atoms with van der Waals surface area (Å²) in [6, 6.07) is 17.5. The van der Waals surface area contributed by atoms with Crippen molar-refractivity contribution in [2.45, 2.75) is 29.2 Å². The molecule has 1 fully saturated rings. The fourth-order valence-corrected chi connectivity index (χ4v) is 3.85. The van der Waals surface area contributed by atoms with E-state index in [4.69, 9.17) is 5.26 Å². The highest BCUT2D eigenvalue weighted by atomic mass is 127. The van der Waals surface area contributed by atoms with Crippen LogP contribution in [-0.4, -0.2) is 21.4 Å². The molecule has 124 valence electrons. The van der Waals surface area contributed by atoms with Crippen LogP contribution >= 0.6 is 22.6 Å². The van der Waals surface area contributed by atoms with Crippen molar-refractivity contribution < 1.29 is 4.39 Å². The predicted octanol–water partition coefficient (Wildman–Crippen LogP) is 5.18. The molecular weight excluding hydrogens is 414 g/mol. The van der Waals surface area contributed by atoms with E-state index in [1.54, 1.807) is 6.07 Å². The van der Waals surface area contributed by atoms with Gasteiger partial charge in [-0.2, -0.15) is 5.26 Å². The minimum Gasteiger partial charge on any atom is -0.299 e. The van der Waals surface area contributed by atoms with E-state index >= 15 is 0 Å². The van der Waals surface area contributed by atoms with Crippen LogP contribution in [0.2, 0.25) is 0 Å². The first-order chi connectivity index (χ1) is 11.6. The molecule has 0 bridgehead atoms. The van der Waals surface area contributed by atoms with Gasteiger partial charge in [0.2, 0.25) is 0 Å². The highest BCUT2D eigenvalue weighted by Crippen LogP contribution is 2.35. The van der Waals surface area contributed by atoms with E-state index in [0.29, 0.717) is 12.0 Å². The van der Waals surface area contributed by atoms with E-state index in [2.05, 4.69) is 33.6 Å². The molecule has 0 radical (unpaired) electrons. The number of rotatable bonds is 4. The fourth-order valence-electron chi connectivity index (χ4n) is 3.20. The number of nitriles is 1. The van der Waals surface area contributed by atoms with Crippen molar-refractivity contribution in [3.63, 3.8) is 0 Å². The number of hydrogen-bond donors (Lipinski definition) is 0. The molecule has 1 heterocycles. The molecule has 1 aliphatic heterocycles.